The molecule has 9 heteroatoms. The molecule has 0 aliphatic carbocycles. The van der Waals surface area contributed by atoms with Gasteiger partial charge in [0.2, 0.25) is 5.01 Å². The molecule has 1 aromatic heterocycles. The Morgan fingerprint density at radius 3 is 2.03 bits per heavy atom. The molecule has 32 heavy (non-hydrogen) atoms. The molecule has 1 aliphatic heterocycles. The second-order valence-corrected chi connectivity index (χ2v) is 8.65. The van der Waals surface area contributed by atoms with Gasteiger partial charge in [0, 0.05) is 38.4 Å². The molecule has 0 atom stereocenters. The van der Waals surface area contributed by atoms with E-state index in [0.717, 1.165) is 49.2 Å². The third-order valence-electron chi connectivity index (χ3n) is 5.40. The largest absolute Gasteiger partial charge is 0.497 e. The highest BCUT2D eigenvalue weighted by Gasteiger charge is 2.20. The van der Waals surface area contributed by atoms with E-state index in [1.165, 1.54) is 16.9 Å². The van der Waals surface area contributed by atoms with Crippen LogP contribution in [0.3, 0.4) is 0 Å². The number of carbonyl (C=O) groups excluding carboxylic acids is 1. The zero-order valence-electron chi connectivity index (χ0n) is 18.3. The molecule has 3 aromatic rings. The number of ether oxygens (including phenoxy) is 2. The molecular weight excluding hydrogens is 426 g/mol. The third kappa shape index (κ3) is 5.82. The molecule has 2 heterocycles. The van der Waals surface area contributed by atoms with Gasteiger partial charge in [-0.15, -0.1) is 10.2 Å². The first-order valence-electron chi connectivity index (χ1n) is 10.5. The summed E-state index contributed by atoms with van der Waals surface area (Å²) in [6.45, 7) is 5.56. The van der Waals surface area contributed by atoms with Gasteiger partial charge >= 0.3 is 0 Å². The van der Waals surface area contributed by atoms with E-state index < -0.39 is 0 Å². The monoisotopic (exact) mass is 453 g/mol. The Kier molecular flexibility index (Phi) is 7.31. The van der Waals surface area contributed by atoms with Crippen molar-refractivity contribution in [1.29, 1.82) is 0 Å². The lowest BCUT2D eigenvalue weighted by atomic mass is 10.2. The topological polar surface area (TPSA) is 79.8 Å². The minimum atomic E-state index is -0.247. The lowest BCUT2D eigenvalue weighted by Crippen LogP contribution is -2.45. The van der Waals surface area contributed by atoms with Gasteiger partial charge in [-0.05, 0) is 42.0 Å². The summed E-state index contributed by atoms with van der Waals surface area (Å²) in [5.74, 6) is 1.38. The van der Waals surface area contributed by atoms with E-state index in [-0.39, 0.29) is 5.91 Å². The molecule has 0 saturated carbocycles. The number of carbonyl (C=O) groups is 1. The Hall–Kier alpha value is -3.01. The summed E-state index contributed by atoms with van der Waals surface area (Å²) in [5, 5.41) is 12.4. The Bertz CT molecular complexity index is 1010. The first kappa shape index (κ1) is 22.2. The van der Waals surface area contributed by atoms with Crippen molar-refractivity contribution in [3.8, 4) is 11.5 Å². The van der Waals surface area contributed by atoms with E-state index in [2.05, 4.69) is 37.4 Å². The van der Waals surface area contributed by atoms with Crippen molar-refractivity contribution >= 4 is 22.9 Å². The van der Waals surface area contributed by atoms with Crippen molar-refractivity contribution in [3.63, 3.8) is 0 Å². The maximum atomic E-state index is 12.5. The van der Waals surface area contributed by atoms with Crippen molar-refractivity contribution in [2.24, 2.45) is 0 Å². The van der Waals surface area contributed by atoms with Gasteiger partial charge in [-0.25, -0.2) is 0 Å². The second-order valence-electron chi connectivity index (χ2n) is 7.58. The molecule has 1 N–H and O–H groups in total. The van der Waals surface area contributed by atoms with E-state index in [9.17, 15) is 4.79 Å². The van der Waals surface area contributed by atoms with Crippen molar-refractivity contribution < 1.29 is 14.3 Å². The molecule has 4 rings (SSSR count). The Labute approximate surface area is 191 Å². The van der Waals surface area contributed by atoms with Crippen LogP contribution in [0.15, 0.2) is 48.5 Å². The summed E-state index contributed by atoms with van der Waals surface area (Å²) >= 11 is 1.34. The number of benzene rings is 2. The molecule has 1 fully saturated rings. The summed E-state index contributed by atoms with van der Waals surface area (Å²) in [4.78, 5) is 17.3. The predicted octanol–water partition coefficient (Wildman–Crippen LogP) is 3.13. The molecule has 0 radical (unpaired) electrons. The highest BCUT2D eigenvalue weighted by Crippen LogP contribution is 2.19. The molecule has 2 aromatic carbocycles. The number of hydrogen-bond acceptors (Lipinski definition) is 8. The van der Waals surface area contributed by atoms with Crippen LogP contribution in [0, 0.1) is 0 Å². The molecule has 8 nitrogen and oxygen atoms in total. The molecule has 1 aliphatic rings. The molecule has 1 amide bonds. The maximum absolute atomic E-state index is 12.5. The number of amides is 1. The van der Waals surface area contributed by atoms with E-state index in [1.54, 1.807) is 38.5 Å². The summed E-state index contributed by atoms with van der Waals surface area (Å²) < 4.78 is 10.4. The highest BCUT2D eigenvalue weighted by molar-refractivity contribution is 7.13. The summed E-state index contributed by atoms with van der Waals surface area (Å²) in [7, 11) is 3.29. The number of piperazine rings is 1. The average Bonchev–Trinajstić information content (AvgIpc) is 3.30. The third-order valence-corrected chi connectivity index (χ3v) is 6.30. The van der Waals surface area contributed by atoms with Crippen LogP contribution in [0.2, 0.25) is 0 Å². The molecule has 0 bridgehead atoms. The van der Waals surface area contributed by atoms with E-state index in [1.807, 2.05) is 12.1 Å². The van der Waals surface area contributed by atoms with Crippen molar-refractivity contribution in [2.45, 2.75) is 13.1 Å². The van der Waals surface area contributed by atoms with E-state index >= 15 is 0 Å². The Morgan fingerprint density at radius 1 is 0.875 bits per heavy atom. The molecule has 1 saturated heterocycles. The molecule has 0 unspecified atom stereocenters. The molecule has 0 spiro atoms. The Balaban J connectivity index is 1.24. The van der Waals surface area contributed by atoms with Crippen LogP contribution in [0.1, 0.15) is 20.4 Å². The zero-order chi connectivity index (χ0) is 22.3. The Morgan fingerprint density at radius 2 is 1.44 bits per heavy atom. The number of aromatic nitrogens is 2. The molecule has 168 valence electrons. The van der Waals surface area contributed by atoms with Gasteiger partial charge in [0.1, 0.15) is 16.5 Å². The smallest absolute Gasteiger partial charge is 0.286 e. The van der Waals surface area contributed by atoms with Gasteiger partial charge in [0.15, 0.2) is 0 Å². The van der Waals surface area contributed by atoms with Crippen LogP contribution in [0.4, 0.5) is 5.69 Å². The van der Waals surface area contributed by atoms with Gasteiger partial charge in [-0.1, -0.05) is 23.5 Å². The number of rotatable bonds is 8. The number of nitrogens with zero attached hydrogens (tertiary/aromatic N) is 4. The molecular formula is C23H27N5O3S. The van der Waals surface area contributed by atoms with Crippen molar-refractivity contribution in [2.75, 3.05) is 45.7 Å². The highest BCUT2D eigenvalue weighted by atomic mass is 32.1. The quantitative estimate of drug-likeness (QED) is 0.561. The van der Waals surface area contributed by atoms with E-state index in [0.29, 0.717) is 17.2 Å². The van der Waals surface area contributed by atoms with E-state index in [4.69, 9.17) is 9.47 Å². The van der Waals surface area contributed by atoms with Gasteiger partial charge in [-0.3, -0.25) is 14.6 Å². The minimum Gasteiger partial charge on any atom is -0.497 e. The normalized spacial score (nSPS) is 14.8. The van der Waals surface area contributed by atoms with Gasteiger partial charge in [0.05, 0.1) is 20.8 Å². The number of nitrogens with one attached hydrogen (secondary N) is 1. The van der Waals surface area contributed by atoms with Crippen LogP contribution >= 0.6 is 11.3 Å². The second kappa shape index (κ2) is 10.5. The van der Waals surface area contributed by atoms with Crippen LogP contribution in [-0.2, 0) is 13.1 Å². The first-order valence-corrected chi connectivity index (χ1v) is 11.3. The number of methoxy groups -OCH3 is 2. The van der Waals surface area contributed by atoms with Gasteiger partial charge in [-0.2, -0.15) is 0 Å². The fourth-order valence-corrected chi connectivity index (χ4v) is 4.33. The van der Waals surface area contributed by atoms with Crippen LogP contribution in [-0.4, -0.2) is 66.3 Å². The lowest BCUT2D eigenvalue weighted by molar-refractivity contribution is 0.102. The SMILES string of the molecule is COc1ccc(CN2CCN(Cc3nnc(C(=O)Nc4ccc(OC)cc4)s3)CC2)cc1. The summed E-state index contributed by atoms with van der Waals surface area (Å²) in [6, 6.07) is 15.4. The lowest BCUT2D eigenvalue weighted by Gasteiger charge is -2.34. The van der Waals surface area contributed by atoms with Crippen LogP contribution in [0.5, 0.6) is 11.5 Å². The number of anilines is 1. The fourth-order valence-electron chi connectivity index (χ4n) is 3.55. The fraction of sp³-hybridized carbons (Fsp3) is 0.348. The van der Waals surface area contributed by atoms with Crippen LogP contribution in [0.25, 0.3) is 0 Å². The number of hydrogen-bond donors (Lipinski definition) is 1. The average molecular weight is 454 g/mol. The standard InChI is InChI=1S/C23H27N5O3S/c1-30-19-7-3-17(4-8-19)15-27-11-13-28(14-12-27)16-21-25-26-23(32-21)22(29)24-18-5-9-20(31-2)10-6-18/h3-10H,11-16H2,1-2H3,(H,24,29). The van der Waals surface area contributed by atoms with Crippen molar-refractivity contribution in [3.05, 3.63) is 64.1 Å². The predicted molar refractivity (Wildman–Crippen MR) is 124 cm³/mol. The zero-order valence-corrected chi connectivity index (χ0v) is 19.1. The summed E-state index contributed by atoms with van der Waals surface area (Å²) in [6.07, 6.45) is 0. The van der Waals surface area contributed by atoms with Crippen LogP contribution < -0.4 is 14.8 Å². The maximum Gasteiger partial charge on any atom is 0.286 e. The van der Waals surface area contributed by atoms with Gasteiger partial charge in [0.25, 0.3) is 5.91 Å². The minimum absolute atomic E-state index is 0.247. The first-order chi connectivity index (χ1) is 15.6. The van der Waals surface area contributed by atoms with Crippen molar-refractivity contribution in [1.82, 2.24) is 20.0 Å². The van der Waals surface area contributed by atoms with Gasteiger partial charge < -0.3 is 14.8 Å². The summed E-state index contributed by atoms with van der Waals surface area (Å²) in [5.41, 5.74) is 1.98.